The van der Waals surface area contributed by atoms with Gasteiger partial charge in [0, 0.05) is 11.0 Å². The van der Waals surface area contributed by atoms with Crippen molar-refractivity contribution >= 4 is 0 Å². The minimum atomic E-state index is -0.368. The average molecular weight is 267 g/mol. The van der Waals surface area contributed by atoms with Crippen LogP contribution < -0.4 is 5.32 Å². The van der Waals surface area contributed by atoms with Crippen molar-refractivity contribution in [3.8, 4) is 0 Å². The summed E-state index contributed by atoms with van der Waals surface area (Å²) in [5, 5.41) is 3.33. The lowest BCUT2D eigenvalue weighted by atomic mass is 9.70. The Hall–Kier alpha value is -1.00. The van der Waals surface area contributed by atoms with Gasteiger partial charge in [0.2, 0.25) is 0 Å². The largest absolute Gasteiger partial charge is 0.379 e. The first-order valence-electron chi connectivity index (χ1n) is 6.94. The van der Waals surface area contributed by atoms with Gasteiger partial charge in [-0.1, -0.05) is 0 Å². The van der Waals surface area contributed by atoms with Gasteiger partial charge in [0.15, 0.2) is 0 Å². The summed E-state index contributed by atoms with van der Waals surface area (Å²) in [6.07, 6.45) is 3.12. The van der Waals surface area contributed by atoms with E-state index in [1.54, 1.807) is 0 Å². The Bertz CT molecular complexity index is 453. The van der Waals surface area contributed by atoms with Crippen molar-refractivity contribution in [2.24, 2.45) is 5.92 Å². The summed E-state index contributed by atoms with van der Waals surface area (Å²) in [6.45, 7) is 3.06. The lowest BCUT2D eigenvalue weighted by molar-refractivity contribution is -0.0747. The van der Waals surface area contributed by atoms with Crippen molar-refractivity contribution in [1.82, 2.24) is 5.32 Å². The highest BCUT2D eigenvalue weighted by atomic mass is 19.1. The molecule has 0 saturated carbocycles. The number of benzene rings is 1. The minimum absolute atomic E-state index is 0.307. The van der Waals surface area contributed by atoms with Crippen LogP contribution in [0.15, 0.2) is 18.2 Å². The Kier molecular flexibility index (Phi) is 3.54. The molecule has 2 fully saturated rings. The first kappa shape index (κ1) is 13.0. The summed E-state index contributed by atoms with van der Waals surface area (Å²) in [6, 6.07) is 3.75. The molecule has 2 nitrogen and oxygen atoms in total. The fourth-order valence-electron chi connectivity index (χ4n) is 3.27. The second-order valence-corrected chi connectivity index (χ2v) is 5.79. The van der Waals surface area contributed by atoms with Crippen LogP contribution in [0.4, 0.5) is 8.78 Å². The fraction of sp³-hybridized carbons (Fsp3) is 0.600. The molecule has 0 aromatic heterocycles. The Morgan fingerprint density at radius 1 is 1.21 bits per heavy atom. The Balaban J connectivity index is 1.83. The summed E-state index contributed by atoms with van der Waals surface area (Å²) < 4.78 is 32.7. The van der Waals surface area contributed by atoms with E-state index in [0.29, 0.717) is 24.7 Å². The summed E-state index contributed by atoms with van der Waals surface area (Å²) in [4.78, 5) is 0. The van der Waals surface area contributed by atoms with Gasteiger partial charge >= 0.3 is 0 Å². The van der Waals surface area contributed by atoms with E-state index in [1.807, 2.05) is 0 Å². The van der Waals surface area contributed by atoms with Crippen molar-refractivity contribution in [3.63, 3.8) is 0 Å². The number of piperidine rings is 1. The van der Waals surface area contributed by atoms with E-state index in [2.05, 4.69) is 5.32 Å². The molecule has 2 saturated heterocycles. The molecule has 1 aromatic carbocycles. The zero-order valence-electron chi connectivity index (χ0n) is 10.9. The number of nitrogens with one attached hydrogen (secondary N) is 1. The van der Waals surface area contributed by atoms with Crippen molar-refractivity contribution in [1.29, 1.82) is 0 Å². The molecular formula is C15H19F2NO. The van der Waals surface area contributed by atoms with Crippen LogP contribution in [0.25, 0.3) is 0 Å². The predicted molar refractivity (Wildman–Crippen MR) is 69.1 cm³/mol. The van der Waals surface area contributed by atoms with Crippen molar-refractivity contribution in [2.75, 3.05) is 26.3 Å². The highest BCUT2D eigenvalue weighted by molar-refractivity contribution is 5.30. The van der Waals surface area contributed by atoms with Gasteiger partial charge in [0.1, 0.15) is 11.6 Å². The van der Waals surface area contributed by atoms with Crippen LogP contribution in [0.5, 0.6) is 0 Å². The van der Waals surface area contributed by atoms with E-state index in [-0.39, 0.29) is 17.0 Å². The van der Waals surface area contributed by atoms with Crippen LogP contribution >= 0.6 is 0 Å². The van der Waals surface area contributed by atoms with Crippen LogP contribution in [0.2, 0.25) is 0 Å². The monoisotopic (exact) mass is 267 g/mol. The molecule has 0 aliphatic carbocycles. The van der Waals surface area contributed by atoms with Gasteiger partial charge in [0.25, 0.3) is 0 Å². The van der Waals surface area contributed by atoms with Crippen LogP contribution in [0.1, 0.15) is 24.8 Å². The van der Waals surface area contributed by atoms with Gasteiger partial charge in [-0.15, -0.1) is 0 Å². The maximum Gasteiger partial charge on any atom is 0.127 e. The van der Waals surface area contributed by atoms with Crippen LogP contribution in [0.3, 0.4) is 0 Å². The van der Waals surface area contributed by atoms with Crippen LogP contribution in [-0.4, -0.2) is 26.3 Å². The lowest BCUT2D eigenvalue weighted by Crippen LogP contribution is -2.49. The second-order valence-electron chi connectivity index (χ2n) is 5.79. The molecule has 3 rings (SSSR count). The van der Waals surface area contributed by atoms with Crippen LogP contribution in [0, 0.1) is 17.6 Å². The zero-order valence-corrected chi connectivity index (χ0v) is 10.9. The molecule has 0 radical (unpaired) electrons. The lowest BCUT2D eigenvalue weighted by Gasteiger charge is -2.45. The number of halogens is 2. The maximum absolute atomic E-state index is 14.0. The fourth-order valence-corrected chi connectivity index (χ4v) is 3.27. The van der Waals surface area contributed by atoms with Crippen molar-refractivity contribution < 1.29 is 13.5 Å². The van der Waals surface area contributed by atoms with Gasteiger partial charge in [0.05, 0.1) is 13.2 Å². The number of ether oxygens (including phenoxy) is 1. The van der Waals surface area contributed by atoms with Crippen LogP contribution in [-0.2, 0) is 10.2 Å². The van der Waals surface area contributed by atoms with Gasteiger partial charge in [-0.3, -0.25) is 0 Å². The molecule has 1 N–H and O–H groups in total. The molecular weight excluding hydrogens is 248 g/mol. The van der Waals surface area contributed by atoms with Crippen molar-refractivity contribution in [2.45, 2.75) is 24.7 Å². The Labute approximate surface area is 112 Å². The maximum atomic E-state index is 14.0. The molecule has 104 valence electrons. The second kappa shape index (κ2) is 5.17. The molecule has 0 unspecified atom stereocenters. The topological polar surface area (TPSA) is 21.3 Å². The first-order valence-corrected chi connectivity index (χ1v) is 6.94. The molecule has 0 spiro atoms. The highest BCUT2D eigenvalue weighted by Crippen LogP contribution is 2.41. The molecule has 4 heteroatoms. The Morgan fingerprint density at radius 2 is 1.95 bits per heavy atom. The Morgan fingerprint density at radius 3 is 2.58 bits per heavy atom. The highest BCUT2D eigenvalue weighted by Gasteiger charge is 2.44. The molecule has 1 aromatic rings. The van der Waals surface area contributed by atoms with E-state index < -0.39 is 0 Å². The van der Waals surface area contributed by atoms with Gasteiger partial charge < -0.3 is 10.1 Å². The number of hydrogen-bond acceptors (Lipinski definition) is 2. The molecule has 2 aliphatic rings. The molecule has 0 amide bonds. The summed E-state index contributed by atoms with van der Waals surface area (Å²) in [5.41, 5.74) is 0.186. The minimum Gasteiger partial charge on any atom is -0.379 e. The third-order valence-corrected chi connectivity index (χ3v) is 4.39. The average Bonchev–Trinajstić information content (AvgIpc) is 2.38. The smallest absolute Gasteiger partial charge is 0.127 e. The molecule has 0 bridgehead atoms. The summed E-state index contributed by atoms with van der Waals surface area (Å²) in [7, 11) is 0. The van der Waals surface area contributed by atoms with E-state index in [1.165, 1.54) is 18.2 Å². The van der Waals surface area contributed by atoms with E-state index in [4.69, 9.17) is 4.74 Å². The van der Waals surface area contributed by atoms with Crippen molar-refractivity contribution in [3.05, 3.63) is 35.4 Å². The third kappa shape index (κ3) is 2.51. The normalized spacial score (nSPS) is 23.1. The molecule has 2 aliphatic heterocycles. The SMILES string of the molecule is Fc1ccc(F)c(C2(CC3CCNCC3)COC2)c1. The quantitative estimate of drug-likeness (QED) is 0.909. The summed E-state index contributed by atoms with van der Waals surface area (Å²) in [5.74, 6) is -0.0977. The van der Waals surface area contributed by atoms with E-state index in [0.717, 1.165) is 32.4 Å². The molecule has 19 heavy (non-hydrogen) atoms. The number of rotatable bonds is 3. The molecule has 0 atom stereocenters. The molecule has 2 heterocycles. The first-order chi connectivity index (χ1) is 9.20. The third-order valence-electron chi connectivity index (χ3n) is 4.39. The van der Waals surface area contributed by atoms with Gasteiger partial charge in [-0.2, -0.15) is 0 Å². The summed E-state index contributed by atoms with van der Waals surface area (Å²) >= 11 is 0. The number of hydrogen-bond donors (Lipinski definition) is 1. The van der Waals surface area contributed by atoms with E-state index >= 15 is 0 Å². The van der Waals surface area contributed by atoms with E-state index in [9.17, 15) is 8.78 Å². The van der Waals surface area contributed by atoms with Gasteiger partial charge in [-0.05, 0) is 56.5 Å². The zero-order chi connectivity index (χ0) is 13.3. The predicted octanol–water partition coefficient (Wildman–Crippen LogP) is 2.62. The standard InChI is InChI=1S/C15H19F2NO/c16-12-1-2-14(17)13(7-12)15(9-19-10-15)8-11-3-5-18-6-4-11/h1-2,7,11,18H,3-6,8-10H2. The van der Waals surface area contributed by atoms with Gasteiger partial charge in [-0.25, -0.2) is 8.78 Å².